The average molecular weight is 333 g/mol. The Labute approximate surface area is 131 Å². The van der Waals surface area contributed by atoms with Crippen molar-refractivity contribution in [3.63, 3.8) is 0 Å². The maximum Gasteiger partial charge on any atom is 0.335 e. The van der Waals surface area contributed by atoms with Gasteiger partial charge in [0.1, 0.15) is 6.07 Å². The molecule has 0 unspecified atom stereocenters. The first kappa shape index (κ1) is 16.1. The maximum absolute atomic E-state index is 11.3. The van der Waals surface area contributed by atoms with Crippen molar-refractivity contribution in [3.8, 4) is 17.5 Å². The lowest BCUT2D eigenvalue weighted by Crippen LogP contribution is -2.21. The van der Waals surface area contributed by atoms with Crippen molar-refractivity contribution >= 4 is 27.1 Å². The SMILES string of the molecule is CS(=O)(=O)c1nnc(-c2ccc(N/N=C(\C#N)C(=N)N)cc2)o1. The minimum atomic E-state index is -3.56. The van der Waals surface area contributed by atoms with Gasteiger partial charge in [0.2, 0.25) is 21.4 Å². The molecule has 0 bridgehead atoms. The number of hydrazone groups is 1. The number of nitrogens with two attached hydrogens (primary N) is 1. The van der Waals surface area contributed by atoms with E-state index in [1.54, 1.807) is 30.3 Å². The molecule has 0 fully saturated rings. The molecule has 0 aliphatic carbocycles. The normalized spacial score (nSPS) is 11.7. The van der Waals surface area contributed by atoms with Gasteiger partial charge in [0.15, 0.2) is 5.84 Å². The highest BCUT2D eigenvalue weighted by Gasteiger charge is 2.17. The standard InChI is InChI=1S/C12H11N7O3S/c1-23(20,21)12-19-18-11(22-12)7-2-4-8(5-3-7)16-17-9(6-13)10(14)15/h2-5,16H,1H3,(H3,14,15)/b17-9+. The fourth-order valence-corrected chi connectivity index (χ4v) is 1.85. The highest BCUT2D eigenvalue weighted by atomic mass is 32.2. The Bertz CT molecular complexity index is 907. The summed E-state index contributed by atoms with van der Waals surface area (Å²) in [5.41, 5.74) is 8.51. The second-order valence-corrected chi connectivity index (χ2v) is 6.21. The average Bonchev–Trinajstić information content (AvgIpc) is 2.98. The van der Waals surface area contributed by atoms with Gasteiger partial charge in [0.25, 0.3) is 0 Å². The second kappa shape index (κ2) is 6.24. The van der Waals surface area contributed by atoms with Crippen LogP contribution in [0.5, 0.6) is 0 Å². The first-order chi connectivity index (χ1) is 10.8. The van der Waals surface area contributed by atoms with Crippen LogP contribution < -0.4 is 11.2 Å². The smallest absolute Gasteiger partial charge is 0.335 e. The van der Waals surface area contributed by atoms with Crippen molar-refractivity contribution < 1.29 is 12.8 Å². The summed E-state index contributed by atoms with van der Waals surface area (Å²) in [7, 11) is -3.56. The zero-order valence-corrected chi connectivity index (χ0v) is 12.6. The predicted molar refractivity (Wildman–Crippen MR) is 81.4 cm³/mol. The molecule has 0 aliphatic rings. The number of aromatic nitrogens is 2. The Balaban J connectivity index is 2.19. The molecule has 0 saturated heterocycles. The van der Waals surface area contributed by atoms with Crippen LogP contribution in [-0.4, -0.2) is 36.4 Å². The summed E-state index contributed by atoms with van der Waals surface area (Å²) in [6, 6.07) is 8.05. The molecule has 10 nitrogen and oxygen atoms in total. The van der Waals surface area contributed by atoms with Crippen LogP contribution in [0.1, 0.15) is 0 Å². The van der Waals surface area contributed by atoms with Gasteiger partial charge < -0.3 is 10.2 Å². The molecule has 0 amide bonds. The number of benzene rings is 1. The van der Waals surface area contributed by atoms with Crippen molar-refractivity contribution in [2.24, 2.45) is 10.8 Å². The molecular formula is C12H11N7O3S. The first-order valence-electron chi connectivity index (χ1n) is 6.03. The van der Waals surface area contributed by atoms with E-state index in [1.807, 2.05) is 0 Å². The van der Waals surface area contributed by atoms with Crippen LogP contribution in [0.15, 0.2) is 39.0 Å². The summed E-state index contributed by atoms with van der Waals surface area (Å²) >= 11 is 0. The summed E-state index contributed by atoms with van der Waals surface area (Å²) in [5.74, 6) is -0.391. The van der Waals surface area contributed by atoms with Crippen LogP contribution in [0.2, 0.25) is 0 Å². The highest BCUT2D eigenvalue weighted by Crippen LogP contribution is 2.21. The Morgan fingerprint density at radius 2 is 2.04 bits per heavy atom. The van der Waals surface area contributed by atoms with Gasteiger partial charge in [-0.1, -0.05) is 5.10 Å². The van der Waals surface area contributed by atoms with Crippen LogP contribution in [0.25, 0.3) is 11.5 Å². The molecule has 0 aliphatic heterocycles. The highest BCUT2D eigenvalue weighted by molar-refractivity contribution is 7.90. The molecule has 23 heavy (non-hydrogen) atoms. The van der Waals surface area contributed by atoms with Gasteiger partial charge in [-0.2, -0.15) is 10.4 Å². The largest absolute Gasteiger partial charge is 0.408 e. The van der Waals surface area contributed by atoms with Crippen LogP contribution >= 0.6 is 0 Å². The van der Waals surface area contributed by atoms with Crippen LogP contribution in [0.4, 0.5) is 5.69 Å². The van der Waals surface area contributed by atoms with Crippen molar-refractivity contribution in [3.05, 3.63) is 24.3 Å². The molecule has 0 radical (unpaired) electrons. The lowest BCUT2D eigenvalue weighted by molar-refractivity contribution is 0.442. The third-order valence-electron chi connectivity index (χ3n) is 2.51. The molecule has 11 heteroatoms. The topological polar surface area (TPSA) is 171 Å². The molecule has 1 aromatic heterocycles. The lowest BCUT2D eigenvalue weighted by Gasteiger charge is -2.01. The second-order valence-electron chi connectivity index (χ2n) is 4.32. The fourth-order valence-electron chi connectivity index (χ4n) is 1.43. The van der Waals surface area contributed by atoms with Crippen LogP contribution in [-0.2, 0) is 9.84 Å². The molecule has 0 spiro atoms. The molecule has 118 valence electrons. The quantitative estimate of drug-likeness (QED) is 0.400. The van der Waals surface area contributed by atoms with E-state index in [9.17, 15) is 8.42 Å². The zero-order chi connectivity index (χ0) is 17.0. The van der Waals surface area contributed by atoms with Gasteiger partial charge in [-0.3, -0.25) is 10.8 Å². The molecule has 2 rings (SSSR count). The number of amidine groups is 1. The summed E-state index contributed by atoms with van der Waals surface area (Å²) in [5, 5.41) is 26.2. The summed E-state index contributed by atoms with van der Waals surface area (Å²) < 4.78 is 27.7. The van der Waals surface area contributed by atoms with E-state index < -0.39 is 20.9 Å². The summed E-state index contributed by atoms with van der Waals surface area (Å²) in [6.45, 7) is 0. The first-order valence-corrected chi connectivity index (χ1v) is 7.92. The Kier molecular flexibility index (Phi) is 4.37. The fraction of sp³-hybridized carbons (Fsp3) is 0.0833. The zero-order valence-electron chi connectivity index (χ0n) is 11.8. The minimum absolute atomic E-state index is 0.0573. The van der Waals surface area contributed by atoms with E-state index in [0.717, 1.165) is 6.26 Å². The van der Waals surface area contributed by atoms with Crippen LogP contribution in [0.3, 0.4) is 0 Å². The third-order valence-corrected chi connectivity index (χ3v) is 3.31. The van der Waals surface area contributed by atoms with E-state index in [0.29, 0.717) is 11.3 Å². The molecule has 0 saturated carbocycles. The molecule has 1 aromatic carbocycles. The number of nitrogens with one attached hydrogen (secondary N) is 2. The monoisotopic (exact) mass is 333 g/mol. The van der Waals surface area contributed by atoms with E-state index >= 15 is 0 Å². The number of anilines is 1. The molecular weight excluding hydrogens is 322 g/mol. The predicted octanol–water partition coefficient (Wildman–Crippen LogP) is 0.368. The number of rotatable bonds is 5. The van der Waals surface area contributed by atoms with Crippen LogP contribution in [0, 0.1) is 16.7 Å². The van der Waals surface area contributed by atoms with E-state index in [1.165, 1.54) is 0 Å². The number of sulfone groups is 1. The summed E-state index contributed by atoms with van der Waals surface area (Å²) in [6.07, 6.45) is 0.969. The number of nitriles is 1. The van der Waals surface area contributed by atoms with Crippen molar-refractivity contribution in [2.45, 2.75) is 5.22 Å². The number of hydrogen-bond acceptors (Lipinski definition) is 9. The van der Waals surface area contributed by atoms with Crippen molar-refractivity contribution in [2.75, 3.05) is 11.7 Å². The Hall–Kier alpha value is -3.26. The van der Waals surface area contributed by atoms with E-state index in [4.69, 9.17) is 20.8 Å². The van der Waals surface area contributed by atoms with Crippen molar-refractivity contribution in [1.29, 1.82) is 10.7 Å². The van der Waals surface area contributed by atoms with Gasteiger partial charge in [0, 0.05) is 11.8 Å². The number of hydrogen-bond donors (Lipinski definition) is 3. The molecule has 2 aromatic rings. The molecule has 4 N–H and O–H groups in total. The molecule has 0 atom stereocenters. The Morgan fingerprint density at radius 3 is 2.52 bits per heavy atom. The van der Waals surface area contributed by atoms with E-state index in [2.05, 4.69) is 20.7 Å². The Morgan fingerprint density at radius 1 is 1.39 bits per heavy atom. The van der Waals surface area contributed by atoms with Gasteiger partial charge in [-0.15, -0.1) is 5.10 Å². The minimum Gasteiger partial charge on any atom is -0.408 e. The van der Waals surface area contributed by atoms with Gasteiger partial charge >= 0.3 is 5.22 Å². The van der Waals surface area contributed by atoms with Crippen molar-refractivity contribution in [1.82, 2.24) is 10.2 Å². The van der Waals surface area contributed by atoms with E-state index in [-0.39, 0.29) is 11.6 Å². The number of nitrogens with zero attached hydrogens (tertiary/aromatic N) is 4. The maximum atomic E-state index is 11.3. The molecule has 1 heterocycles. The lowest BCUT2D eigenvalue weighted by atomic mass is 10.2. The van der Waals surface area contributed by atoms with Gasteiger partial charge in [0.05, 0.1) is 5.69 Å². The third kappa shape index (κ3) is 3.89. The summed E-state index contributed by atoms with van der Waals surface area (Å²) in [4.78, 5) is 0. The van der Waals surface area contributed by atoms with Gasteiger partial charge in [-0.25, -0.2) is 8.42 Å². The van der Waals surface area contributed by atoms with Gasteiger partial charge in [-0.05, 0) is 24.3 Å².